The van der Waals surface area contributed by atoms with Crippen molar-refractivity contribution in [3.05, 3.63) is 30.1 Å². The molecule has 0 bridgehead atoms. The van der Waals surface area contributed by atoms with Crippen LogP contribution >= 0.6 is 0 Å². The lowest BCUT2D eigenvalue weighted by atomic mass is 9.97. The highest BCUT2D eigenvalue weighted by molar-refractivity contribution is 7.91. The number of hydrogen-bond donors (Lipinski definition) is 1. The van der Waals surface area contributed by atoms with E-state index in [9.17, 15) is 8.42 Å². The van der Waals surface area contributed by atoms with Gasteiger partial charge in [-0.25, -0.2) is 8.42 Å². The van der Waals surface area contributed by atoms with Gasteiger partial charge >= 0.3 is 0 Å². The van der Waals surface area contributed by atoms with Gasteiger partial charge in [0.1, 0.15) is 0 Å². The molecule has 0 amide bonds. The Morgan fingerprint density at radius 2 is 2.29 bits per heavy atom. The Labute approximate surface area is 102 Å². The minimum atomic E-state index is -2.79. The fourth-order valence-corrected chi connectivity index (χ4v) is 4.24. The minimum absolute atomic E-state index is 0.00296. The molecule has 2 N–H and O–H groups in total. The molecule has 2 unspecified atom stereocenters. The fourth-order valence-electron chi connectivity index (χ4n) is 2.36. The zero-order chi connectivity index (χ0) is 12.3. The molecule has 17 heavy (non-hydrogen) atoms. The number of nitrogens with zero attached hydrogens (tertiary/aromatic N) is 1. The Bertz CT molecular complexity index is 459. The number of nitrogens with two attached hydrogens (primary N) is 1. The van der Waals surface area contributed by atoms with Crippen molar-refractivity contribution in [1.82, 2.24) is 4.98 Å². The van der Waals surface area contributed by atoms with Crippen molar-refractivity contribution in [1.29, 1.82) is 0 Å². The molecule has 2 rings (SSSR count). The molecular weight excluding hydrogens is 236 g/mol. The van der Waals surface area contributed by atoms with Crippen LogP contribution in [-0.4, -0.2) is 30.9 Å². The first kappa shape index (κ1) is 12.5. The molecule has 1 aliphatic heterocycles. The van der Waals surface area contributed by atoms with Crippen LogP contribution in [0.3, 0.4) is 0 Å². The third-order valence-corrected chi connectivity index (χ3v) is 5.00. The van der Waals surface area contributed by atoms with Crippen molar-refractivity contribution in [2.45, 2.75) is 25.3 Å². The molecule has 1 aromatic rings. The SMILES string of the molecule is NC(Cc1ccccn1)CC1CCS(=O)(=O)C1. The summed E-state index contributed by atoms with van der Waals surface area (Å²) in [6.07, 6.45) is 4.01. The van der Waals surface area contributed by atoms with Gasteiger partial charge in [-0.05, 0) is 30.9 Å². The standard InChI is InChI=1S/C12H18N2O2S/c13-11(8-12-3-1-2-5-14-12)7-10-4-6-17(15,16)9-10/h1-3,5,10-11H,4,6-9,13H2. The summed E-state index contributed by atoms with van der Waals surface area (Å²) in [7, 11) is -2.79. The van der Waals surface area contributed by atoms with E-state index in [0.717, 1.165) is 25.0 Å². The molecule has 1 aliphatic rings. The maximum Gasteiger partial charge on any atom is 0.150 e. The molecule has 94 valence electrons. The van der Waals surface area contributed by atoms with Gasteiger partial charge < -0.3 is 5.73 Å². The number of pyridine rings is 1. The van der Waals surface area contributed by atoms with Crippen molar-refractivity contribution in [2.75, 3.05) is 11.5 Å². The maximum absolute atomic E-state index is 11.3. The van der Waals surface area contributed by atoms with Gasteiger partial charge in [0.05, 0.1) is 11.5 Å². The van der Waals surface area contributed by atoms with E-state index in [1.807, 2.05) is 18.2 Å². The zero-order valence-electron chi connectivity index (χ0n) is 9.75. The normalized spacial score (nSPS) is 24.6. The van der Waals surface area contributed by atoms with Crippen LogP contribution in [-0.2, 0) is 16.3 Å². The Balaban J connectivity index is 1.84. The molecule has 2 atom stereocenters. The van der Waals surface area contributed by atoms with Crippen molar-refractivity contribution >= 4 is 9.84 Å². The summed E-state index contributed by atoms with van der Waals surface area (Å²) in [6, 6.07) is 5.77. The van der Waals surface area contributed by atoms with Crippen LogP contribution in [0.15, 0.2) is 24.4 Å². The van der Waals surface area contributed by atoms with Gasteiger partial charge in [0, 0.05) is 24.4 Å². The van der Waals surface area contributed by atoms with E-state index in [1.165, 1.54) is 0 Å². The second kappa shape index (κ2) is 5.14. The van der Waals surface area contributed by atoms with Gasteiger partial charge in [0.15, 0.2) is 9.84 Å². The molecule has 5 heteroatoms. The smallest absolute Gasteiger partial charge is 0.150 e. The number of rotatable bonds is 4. The van der Waals surface area contributed by atoms with Gasteiger partial charge in [-0.2, -0.15) is 0 Å². The van der Waals surface area contributed by atoms with Crippen LogP contribution in [0.2, 0.25) is 0 Å². The monoisotopic (exact) mass is 254 g/mol. The minimum Gasteiger partial charge on any atom is -0.327 e. The average Bonchev–Trinajstić information content (AvgIpc) is 2.59. The quantitative estimate of drug-likeness (QED) is 0.861. The molecule has 0 aliphatic carbocycles. The highest BCUT2D eigenvalue weighted by Gasteiger charge is 2.28. The molecule has 1 fully saturated rings. The molecule has 4 nitrogen and oxygen atoms in total. The molecule has 2 heterocycles. The molecule has 1 aromatic heterocycles. The topological polar surface area (TPSA) is 73.0 Å². The highest BCUT2D eigenvalue weighted by Crippen LogP contribution is 2.23. The maximum atomic E-state index is 11.3. The fraction of sp³-hybridized carbons (Fsp3) is 0.583. The molecule has 1 saturated heterocycles. The van der Waals surface area contributed by atoms with E-state index in [-0.39, 0.29) is 12.0 Å². The second-order valence-corrected chi connectivity index (χ2v) is 7.02. The van der Waals surface area contributed by atoms with Crippen LogP contribution in [0.25, 0.3) is 0 Å². The van der Waals surface area contributed by atoms with Crippen LogP contribution in [0, 0.1) is 5.92 Å². The molecule has 0 spiro atoms. The van der Waals surface area contributed by atoms with Gasteiger partial charge in [0.2, 0.25) is 0 Å². The van der Waals surface area contributed by atoms with Gasteiger partial charge in [-0.3, -0.25) is 4.98 Å². The van der Waals surface area contributed by atoms with E-state index in [0.29, 0.717) is 11.5 Å². The Hall–Kier alpha value is -0.940. The first-order valence-electron chi connectivity index (χ1n) is 5.91. The zero-order valence-corrected chi connectivity index (χ0v) is 10.6. The first-order valence-corrected chi connectivity index (χ1v) is 7.73. The summed E-state index contributed by atoms with van der Waals surface area (Å²) in [5.41, 5.74) is 7.01. The summed E-state index contributed by atoms with van der Waals surface area (Å²) < 4.78 is 22.7. The third kappa shape index (κ3) is 3.78. The Kier molecular flexibility index (Phi) is 3.79. The van der Waals surface area contributed by atoms with Crippen LogP contribution in [0.5, 0.6) is 0 Å². The van der Waals surface area contributed by atoms with E-state index in [2.05, 4.69) is 4.98 Å². The third-order valence-electron chi connectivity index (χ3n) is 3.16. The van der Waals surface area contributed by atoms with Crippen LogP contribution in [0.1, 0.15) is 18.5 Å². The summed E-state index contributed by atoms with van der Waals surface area (Å²) in [5, 5.41) is 0. The molecule has 0 aromatic carbocycles. The summed E-state index contributed by atoms with van der Waals surface area (Å²) in [4.78, 5) is 4.22. The summed E-state index contributed by atoms with van der Waals surface area (Å²) in [5.74, 6) is 0.871. The molecule has 0 saturated carbocycles. The van der Waals surface area contributed by atoms with Crippen molar-refractivity contribution in [3.63, 3.8) is 0 Å². The predicted molar refractivity (Wildman–Crippen MR) is 67.3 cm³/mol. The molecular formula is C12H18N2O2S. The lowest BCUT2D eigenvalue weighted by Crippen LogP contribution is -2.27. The van der Waals surface area contributed by atoms with Gasteiger partial charge in [-0.15, -0.1) is 0 Å². The Morgan fingerprint density at radius 3 is 2.88 bits per heavy atom. The van der Waals surface area contributed by atoms with Gasteiger partial charge in [0.25, 0.3) is 0 Å². The Morgan fingerprint density at radius 1 is 1.47 bits per heavy atom. The van der Waals surface area contributed by atoms with Gasteiger partial charge in [-0.1, -0.05) is 6.07 Å². The second-order valence-electron chi connectivity index (χ2n) is 4.79. The molecule has 0 radical (unpaired) electrons. The van der Waals surface area contributed by atoms with E-state index >= 15 is 0 Å². The van der Waals surface area contributed by atoms with E-state index in [1.54, 1.807) is 6.20 Å². The van der Waals surface area contributed by atoms with E-state index in [4.69, 9.17) is 5.73 Å². The number of sulfone groups is 1. The largest absolute Gasteiger partial charge is 0.327 e. The highest BCUT2D eigenvalue weighted by atomic mass is 32.2. The van der Waals surface area contributed by atoms with Crippen LogP contribution in [0.4, 0.5) is 0 Å². The lowest BCUT2D eigenvalue weighted by Gasteiger charge is -2.14. The average molecular weight is 254 g/mol. The lowest BCUT2D eigenvalue weighted by molar-refractivity contribution is 0.466. The van der Waals surface area contributed by atoms with Crippen molar-refractivity contribution < 1.29 is 8.42 Å². The van der Waals surface area contributed by atoms with Crippen LogP contribution < -0.4 is 5.73 Å². The summed E-state index contributed by atoms with van der Waals surface area (Å²) >= 11 is 0. The first-order chi connectivity index (χ1) is 8.05. The summed E-state index contributed by atoms with van der Waals surface area (Å²) in [6.45, 7) is 0. The van der Waals surface area contributed by atoms with Crippen molar-refractivity contribution in [3.8, 4) is 0 Å². The number of aromatic nitrogens is 1. The van der Waals surface area contributed by atoms with Crippen molar-refractivity contribution in [2.24, 2.45) is 11.7 Å². The van der Waals surface area contributed by atoms with E-state index < -0.39 is 9.84 Å². The number of hydrogen-bond acceptors (Lipinski definition) is 4. The predicted octanol–water partition coefficient (Wildman–Crippen LogP) is 0.776.